The molecule has 1 heterocycles. The van der Waals surface area contributed by atoms with Gasteiger partial charge in [-0.25, -0.2) is 8.42 Å². The van der Waals surface area contributed by atoms with Crippen LogP contribution in [0, 0.1) is 6.92 Å². The zero-order chi connectivity index (χ0) is 15.1. The fraction of sp³-hybridized carbons (Fsp3) is 0.100. The molecule has 2 N–H and O–H groups in total. The largest absolute Gasteiger partial charge is 0.315 e. The molecular formula is C10H7BrCl2N2O3S2. The number of nitrogens with one attached hydrogen (secondary N) is 2. The van der Waals surface area contributed by atoms with Gasteiger partial charge in [0.1, 0.15) is 0 Å². The normalized spacial score (nSPS) is 11.6. The first-order valence-corrected chi connectivity index (χ1v) is 8.93. The number of benzene rings is 1. The Bertz CT molecular complexity index is 830. The summed E-state index contributed by atoms with van der Waals surface area (Å²) < 4.78 is 27.2. The highest BCUT2D eigenvalue weighted by molar-refractivity contribution is 9.10. The average Bonchev–Trinajstić information content (AvgIpc) is 2.70. The van der Waals surface area contributed by atoms with Crippen molar-refractivity contribution in [1.82, 2.24) is 4.98 Å². The van der Waals surface area contributed by atoms with Gasteiger partial charge in [0.2, 0.25) is 0 Å². The summed E-state index contributed by atoms with van der Waals surface area (Å²) in [6, 6.07) is 3.04. The molecule has 2 rings (SSSR count). The molecule has 0 unspecified atom stereocenters. The third-order valence-electron chi connectivity index (χ3n) is 2.30. The molecule has 0 amide bonds. The monoisotopic (exact) mass is 416 g/mol. The molecule has 0 aliphatic heterocycles. The van der Waals surface area contributed by atoms with Crippen molar-refractivity contribution < 1.29 is 8.42 Å². The number of aromatic nitrogens is 1. The van der Waals surface area contributed by atoms with Crippen LogP contribution < -0.4 is 9.60 Å². The Balaban J connectivity index is 2.46. The van der Waals surface area contributed by atoms with E-state index in [0.29, 0.717) is 15.8 Å². The van der Waals surface area contributed by atoms with Crippen LogP contribution in [0.1, 0.15) is 5.69 Å². The molecule has 0 spiro atoms. The number of thiazole rings is 1. The van der Waals surface area contributed by atoms with Gasteiger partial charge < -0.3 is 4.98 Å². The van der Waals surface area contributed by atoms with Gasteiger partial charge in [-0.05, 0) is 35.0 Å². The molecule has 0 saturated heterocycles. The van der Waals surface area contributed by atoms with Gasteiger partial charge in [-0.1, -0.05) is 34.5 Å². The Morgan fingerprint density at radius 3 is 2.50 bits per heavy atom. The lowest BCUT2D eigenvalue weighted by molar-refractivity contribution is 0.602. The second kappa shape index (κ2) is 5.69. The summed E-state index contributed by atoms with van der Waals surface area (Å²) in [7, 11) is -3.90. The molecule has 0 saturated carbocycles. The van der Waals surface area contributed by atoms with Crippen LogP contribution in [0.5, 0.6) is 0 Å². The van der Waals surface area contributed by atoms with E-state index in [0.717, 1.165) is 0 Å². The van der Waals surface area contributed by atoms with Crippen molar-refractivity contribution in [3.63, 3.8) is 0 Å². The summed E-state index contributed by atoms with van der Waals surface area (Å²) >= 11 is 15.7. The molecule has 0 atom stereocenters. The van der Waals surface area contributed by atoms with E-state index in [1.54, 1.807) is 6.07 Å². The summed E-state index contributed by atoms with van der Waals surface area (Å²) in [5, 5.41) is 0.274. The van der Waals surface area contributed by atoms with E-state index in [1.807, 2.05) is 0 Å². The van der Waals surface area contributed by atoms with Crippen LogP contribution in [-0.2, 0) is 10.0 Å². The Kier molecular flexibility index (Phi) is 4.50. The van der Waals surface area contributed by atoms with Crippen LogP contribution in [0.15, 0.2) is 25.6 Å². The van der Waals surface area contributed by atoms with Gasteiger partial charge in [0.05, 0.1) is 15.7 Å². The smallest absolute Gasteiger partial charge is 0.306 e. The second-order valence-corrected chi connectivity index (χ2v) is 8.23. The highest BCUT2D eigenvalue weighted by Gasteiger charge is 2.22. The van der Waals surface area contributed by atoms with Gasteiger partial charge in [-0.3, -0.25) is 9.52 Å². The molecule has 0 aliphatic carbocycles. The maximum atomic E-state index is 12.2. The van der Waals surface area contributed by atoms with E-state index >= 15 is 0 Å². The number of hydrogen-bond donors (Lipinski definition) is 2. The maximum Gasteiger partial charge on any atom is 0.306 e. The predicted octanol–water partition coefficient (Wildman–Crippen LogP) is 3.61. The molecule has 0 radical (unpaired) electrons. The molecule has 0 bridgehead atoms. The third kappa shape index (κ3) is 3.04. The van der Waals surface area contributed by atoms with Crippen molar-refractivity contribution in [2.24, 2.45) is 0 Å². The first kappa shape index (κ1) is 15.8. The Morgan fingerprint density at radius 2 is 1.95 bits per heavy atom. The van der Waals surface area contributed by atoms with Crippen molar-refractivity contribution in [2.75, 3.05) is 4.72 Å². The number of aryl methyl sites for hydroxylation is 1. The van der Waals surface area contributed by atoms with Crippen LogP contribution in [0.4, 0.5) is 5.69 Å². The van der Waals surface area contributed by atoms with E-state index in [4.69, 9.17) is 23.2 Å². The minimum absolute atomic E-state index is 0.0742. The molecule has 10 heteroatoms. The van der Waals surface area contributed by atoms with Crippen LogP contribution in [-0.4, -0.2) is 13.4 Å². The molecule has 2 aromatic rings. The minimum Gasteiger partial charge on any atom is -0.315 e. The zero-order valence-electron chi connectivity index (χ0n) is 9.83. The average molecular weight is 418 g/mol. The van der Waals surface area contributed by atoms with Gasteiger partial charge in [0.25, 0.3) is 10.0 Å². The molecule has 0 aliphatic rings. The lowest BCUT2D eigenvalue weighted by atomic mass is 10.3. The lowest BCUT2D eigenvalue weighted by Crippen LogP contribution is -2.13. The molecule has 5 nitrogen and oxygen atoms in total. The van der Waals surface area contributed by atoms with Crippen molar-refractivity contribution in [1.29, 1.82) is 0 Å². The first-order valence-electron chi connectivity index (χ1n) is 5.08. The predicted molar refractivity (Wildman–Crippen MR) is 84.6 cm³/mol. The van der Waals surface area contributed by atoms with Crippen LogP contribution >= 0.6 is 50.5 Å². The quantitative estimate of drug-likeness (QED) is 0.748. The highest BCUT2D eigenvalue weighted by atomic mass is 79.9. The van der Waals surface area contributed by atoms with Gasteiger partial charge in [0, 0.05) is 10.2 Å². The summed E-state index contributed by atoms with van der Waals surface area (Å²) in [5.41, 5.74) is 0.409. The standard InChI is InChI=1S/C10H7BrCl2N2O3S2/c1-4-9(19-10(16)14-4)20(17,18)15-6-3-2-5(11)7(12)8(6)13/h2-3,15H,1H3,(H,14,16). The minimum atomic E-state index is -3.90. The van der Waals surface area contributed by atoms with E-state index in [2.05, 4.69) is 25.6 Å². The summed E-state index contributed by atoms with van der Waals surface area (Å²) in [5.74, 6) is 0. The number of halogens is 3. The second-order valence-electron chi connectivity index (χ2n) is 3.76. The summed E-state index contributed by atoms with van der Waals surface area (Å²) in [4.78, 5) is 13.2. The van der Waals surface area contributed by atoms with Crippen molar-refractivity contribution in [3.05, 3.63) is 42.0 Å². The highest BCUT2D eigenvalue weighted by Crippen LogP contribution is 2.36. The fourth-order valence-corrected chi connectivity index (χ4v) is 4.69. The molecule has 108 valence electrons. The Morgan fingerprint density at radius 1 is 1.30 bits per heavy atom. The fourth-order valence-electron chi connectivity index (χ4n) is 1.44. The van der Waals surface area contributed by atoms with E-state index in [9.17, 15) is 13.2 Å². The first-order chi connectivity index (χ1) is 9.22. The van der Waals surface area contributed by atoms with Gasteiger partial charge in [-0.2, -0.15) is 0 Å². The van der Waals surface area contributed by atoms with Gasteiger partial charge in [0.15, 0.2) is 4.21 Å². The van der Waals surface area contributed by atoms with Gasteiger partial charge in [-0.15, -0.1) is 0 Å². The SMILES string of the molecule is Cc1[nH]c(=O)sc1S(=O)(=O)Nc1ccc(Br)c(Cl)c1Cl. The molecule has 1 aromatic carbocycles. The Labute approximate surface area is 137 Å². The van der Waals surface area contributed by atoms with E-state index < -0.39 is 14.9 Å². The summed E-state index contributed by atoms with van der Waals surface area (Å²) in [6.45, 7) is 1.50. The lowest BCUT2D eigenvalue weighted by Gasteiger charge is -2.10. The molecule has 1 aromatic heterocycles. The molecule has 20 heavy (non-hydrogen) atoms. The van der Waals surface area contributed by atoms with Gasteiger partial charge >= 0.3 is 4.87 Å². The topological polar surface area (TPSA) is 79.0 Å². The van der Waals surface area contributed by atoms with E-state index in [-0.39, 0.29) is 25.6 Å². The zero-order valence-corrected chi connectivity index (χ0v) is 14.6. The van der Waals surface area contributed by atoms with Crippen molar-refractivity contribution in [2.45, 2.75) is 11.1 Å². The van der Waals surface area contributed by atoms with Crippen molar-refractivity contribution >= 4 is 66.2 Å². The Hall–Kier alpha value is -0.540. The number of sulfonamides is 1. The number of anilines is 1. The number of H-pyrrole nitrogens is 1. The van der Waals surface area contributed by atoms with Crippen LogP contribution in [0.3, 0.4) is 0 Å². The number of hydrogen-bond acceptors (Lipinski definition) is 4. The number of aromatic amines is 1. The van der Waals surface area contributed by atoms with Crippen LogP contribution in [0.25, 0.3) is 0 Å². The maximum absolute atomic E-state index is 12.2. The number of rotatable bonds is 3. The van der Waals surface area contributed by atoms with E-state index in [1.165, 1.54) is 13.0 Å². The summed E-state index contributed by atoms with van der Waals surface area (Å²) in [6.07, 6.45) is 0. The third-order valence-corrected chi connectivity index (χ3v) is 7.05. The van der Waals surface area contributed by atoms with Crippen LogP contribution in [0.2, 0.25) is 10.0 Å². The van der Waals surface area contributed by atoms with Crippen molar-refractivity contribution in [3.8, 4) is 0 Å². The molecule has 0 fully saturated rings. The molecular weight excluding hydrogens is 411 g/mol.